The molecule has 0 radical (unpaired) electrons. The van der Waals surface area contributed by atoms with Crippen molar-refractivity contribution in [3.8, 4) is 5.75 Å². The van der Waals surface area contributed by atoms with E-state index in [4.69, 9.17) is 17.0 Å². The maximum atomic E-state index is 12.9. The van der Waals surface area contributed by atoms with Crippen LogP contribution in [0.4, 0.5) is 5.69 Å². The highest BCUT2D eigenvalue weighted by atomic mass is 32.2. The van der Waals surface area contributed by atoms with Crippen molar-refractivity contribution in [3.05, 3.63) is 18.2 Å². The SMILES string of the molecule is COc1ccc(S(=O)(=O)N2CCCCC2)cc1NC(=S)NCC[NH+](C)C. The molecule has 1 saturated heterocycles. The van der Waals surface area contributed by atoms with Gasteiger partial charge in [-0.25, -0.2) is 8.42 Å². The molecule has 1 aromatic carbocycles. The number of rotatable bonds is 7. The first-order chi connectivity index (χ1) is 12.3. The maximum Gasteiger partial charge on any atom is 0.243 e. The zero-order valence-corrected chi connectivity index (χ0v) is 17.3. The minimum Gasteiger partial charge on any atom is -0.495 e. The zero-order valence-electron chi connectivity index (χ0n) is 15.7. The van der Waals surface area contributed by atoms with E-state index >= 15 is 0 Å². The molecule has 0 spiro atoms. The molecular weight excluding hydrogens is 372 g/mol. The van der Waals surface area contributed by atoms with Gasteiger partial charge < -0.3 is 20.3 Å². The number of hydrogen-bond donors (Lipinski definition) is 3. The number of quaternary nitrogens is 1. The van der Waals surface area contributed by atoms with Gasteiger partial charge in [0.15, 0.2) is 5.11 Å². The van der Waals surface area contributed by atoms with Gasteiger partial charge in [0.1, 0.15) is 5.75 Å². The van der Waals surface area contributed by atoms with Crippen LogP contribution in [0.1, 0.15) is 19.3 Å². The summed E-state index contributed by atoms with van der Waals surface area (Å²) >= 11 is 5.31. The van der Waals surface area contributed by atoms with E-state index in [1.165, 1.54) is 4.90 Å². The number of nitrogens with zero attached hydrogens (tertiary/aromatic N) is 1. The van der Waals surface area contributed by atoms with Gasteiger partial charge in [-0.05, 0) is 43.3 Å². The second kappa shape index (κ2) is 9.50. The second-order valence-electron chi connectivity index (χ2n) is 6.66. The molecule has 1 aliphatic heterocycles. The highest BCUT2D eigenvalue weighted by Crippen LogP contribution is 2.29. The molecule has 1 fully saturated rings. The fraction of sp³-hybridized carbons (Fsp3) is 0.588. The van der Waals surface area contributed by atoms with Crippen LogP contribution < -0.4 is 20.3 Å². The lowest BCUT2D eigenvalue weighted by molar-refractivity contribution is -0.856. The van der Waals surface area contributed by atoms with Gasteiger partial charge in [0.05, 0.1) is 44.9 Å². The fourth-order valence-corrected chi connectivity index (χ4v) is 4.55. The second-order valence-corrected chi connectivity index (χ2v) is 9.01. The first kappa shape index (κ1) is 20.9. The Morgan fingerprint density at radius 1 is 1.27 bits per heavy atom. The van der Waals surface area contributed by atoms with Crippen LogP contribution in [-0.2, 0) is 10.0 Å². The van der Waals surface area contributed by atoms with Gasteiger partial charge in [-0.2, -0.15) is 4.31 Å². The number of thiocarbonyl (C=S) groups is 1. The van der Waals surface area contributed by atoms with E-state index in [0.29, 0.717) is 29.6 Å². The Kier molecular flexibility index (Phi) is 7.63. The normalized spacial score (nSPS) is 15.7. The van der Waals surface area contributed by atoms with Crippen LogP contribution in [0, 0.1) is 0 Å². The molecular formula is C17H29N4O3S2+. The Morgan fingerprint density at radius 3 is 2.58 bits per heavy atom. The van der Waals surface area contributed by atoms with Crippen molar-refractivity contribution in [2.24, 2.45) is 0 Å². The molecule has 26 heavy (non-hydrogen) atoms. The molecule has 0 aromatic heterocycles. The molecule has 1 aliphatic rings. The minimum absolute atomic E-state index is 0.253. The smallest absolute Gasteiger partial charge is 0.243 e. The standard InChI is InChI=1S/C17H28N4O3S2/c1-20(2)12-9-18-17(25)19-15-13-14(7-8-16(15)24-3)26(22,23)21-10-5-4-6-11-21/h7-8,13H,4-6,9-12H2,1-3H3,(H2,18,19,25)/p+1. The Hall–Kier alpha value is -1.42. The largest absolute Gasteiger partial charge is 0.495 e. The van der Waals surface area contributed by atoms with Gasteiger partial charge in [0.2, 0.25) is 10.0 Å². The summed E-state index contributed by atoms with van der Waals surface area (Å²) < 4.78 is 32.6. The molecule has 0 amide bonds. The Balaban J connectivity index is 2.15. The molecule has 0 unspecified atom stereocenters. The third kappa shape index (κ3) is 5.54. The maximum absolute atomic E-state index is 12.9. The molecule has 1 aromatic rings. The van der Waals surface area contributed by atoms with Gasteiger partial charge in [0, 0.05) is 13.1 Å². The number of piperidine rings is 1. The van der Waals surface area contributed by atoms with Crippen molar-refractivity contribution in [1.82, 2.24) is 9.62 Å². The van der Waals surface area contributed by atoms with E-state index < -0.39 is 10.0 Å². The molecule has 7 nitrogen and oxygen atoms in total. The van der Waals surface area contributed by atoms with Crippen molar-refractivity contribution < 1.29 is 18.1 Å². The highest BCUT2D eigenvalue weighted by molar-refractivity contribution is 7.89. The van der Waals surface area contributed by atoms with Gasteiger partial charge in [-0.15, -0.1) is 0 Å². The quantitative estimate of drug-likeness (QED) is 0.571. The monoisotopic (exact) mass is 401 g/mol. The summed E-state index contributed by atoms with van der Waals surface area (Å²) in [5.74, 6) is 0.546. The Bertz CT molecular complexity index is 717. The molecule has 0 atom stereocenters. The lowest BCUT2D eigenvalue weighted by Gasteiger charge is -2.26. The molecule has 0 aliphatic carbocycles. The topological polar surface area (TPSA) is 75.1 Å². The number of nitrogens with one attached hydrogen (secondary N) is 3. The van der Waals surface area contributed by atoms with E-state index in [-0.39, 0.29) is 4.90 Å². The highest BCUT2D eigenvalue weighted by Gasteiger charge is 2.26. The summed E-state index contributed by atoms with van der Waals surface area (Å²) in [5, 5.41) is 6.61. The number of anilines is 1. The van der Waals surface area contributed by atoms with Crippen molar-refractivity contribution in [2.45, 2.75) is 24.2 Å². The predicted molar refractivity (Wildman–Crippen MR) is 108 cm³/mol. The summed E-state index contributed by atoms with van der Waals surface area (Å²) in [6, 6.07) is 4.83. The number of likely N-dealkylation sites (N-methyl/N-ethyl adjacent to an activating group) is 1. The van der Waals surface area contributed by atoms with E-state index in [1.807, 2.05) is 0 Å². The molecule has 2 rings (SSSR count). The van der Waals surface area contributed by atoms with Crippen molar-refractivity contribution >= 4 is 33.0 Å². The van der Waals surface area contributed by atoms with Gasteiger partial charge >= 0.3 is 0 Å². The van der Waals surface area contributed by atoms with Gasteiger partial charge in [0.25, 0.3) is 0 Å². The minimum atomic E-state index is -3.50. The number of hydrogen-bond acceptors (Lipinski definition) is 4. The summed E-state index contributed by atoms with van der Waals surface area (Å²) in [4.78, 5) is 1.57. The van der Waals surface area contributed by atoms with Crippen LogP contribution >= 0.6 is 12.2 Å². The van der Waals surface area contributed by atoms with Crippen LogP contribution in [0.5, 0.6) is 5.75 Å². The predicted octanol–water partition coefficient (Wildman–Crippen LogP) is 0.301. The first-order valence-electron chi connectivity index (χ1n) is 8.86. The molecule has 146 valence electrons. The fourth-order valence-electron chi connectivity index (χ4n) is 2.79. The van der Waals surface area contributed by atoms with Gasteiger partial charge in [-0.3, -0.25) is 0 Å². The van der Waals surface area contributed by atoms with E-state index in [1.54, 1.807) is 29.6 Å². The number of ether oxygens (including phenoxy) is 1. The lowest BCUT2D eigenvalue weighted by Crippen LogP contribution is -3.06. The zero-order chi connectivity index (χ0) is 19.2. The van der Waals surface area contributed by atoms with Crippen LogP contribution in [0.15, 0.2) is 23.1 Å². The third-order valence-corrected chi connectivity index (χ3v) is 6.42. The summed E-state index contributed by atoms with van der Waals surface area (Å²) in [6.07, 6.45) is 2.89. The molecule has 0 bridgehead atoms. The number of sulfonamides is 1. The average molecular weight is 402 g/mol. The van der Waals surface area contributed by atoms with Gasteiger partial charge in [-0.1, -0.05) is 6.42 Å². The summed E-state index contributed by atoms with van der Waals surface area (Å²) in [6.45, 7) is 2.79. The number of methoxy groups -OCH3 is 1. The van der Waals surface area contributed by atoms with E-state index in [9.17, 15) is 8.42 Å². The average Bonchev–Trinajstić information content (AvgIpc) is 2.62. The molecule has 3 N–H and O–H groups in total. The van der Waals surface area contributed by atoms with E-state index in [0.717, 1.165) is 32.4 Å². The van der Waals surface area contributed by atoms with E-state index in [2.05, 4.69) is 24.7 Å². The van der Waals surface area contributed by atoms with Crippen molar-refractivity contribution in [1.29, 1.82) is 0 Å². The van der Waals surface area contributed by atoms with Crippen LogP contribution in [0.3, 0.4) is 0 Å². The summed E-state index contributed by atoms with van der Waals surface area (Å²) in [7, 11) is 2.18. The summed E-state index contributed by atoms with van der Waals surface area (Å²) in [5.41, 5.74) is 0.542. The third-order valence-electron chi connectivity index (χ3n) is 4.28. The molecule has 9 heteroatoms. The van der Waals surface area contributed by atoms with Crippen molar-refractivity contribution in [2.75, 3.05) is 52.7 Å². The molecule has 0 saturated carbocycles. The lowest BCUT2D eigenvalue weighted by atomic mass is 10.2. The number of benzene rings is 1. The van der Waals surface area contributed by atoms with Crippen LogP contribution in [0.2, 0.25) is 0 Å². The Morgan fingerprint density at radius 2 is 1.96 bits per heavy atom. The Labute approximate surface area is 161 Å². The van der Waals surface area contributed by atoms with Crippen molar-refractivity contribution in [3.63, 3.8) is 0 Å². The first-order valence-corrected chi connectivity index (χ1v) is 10.7. The van der Waals surface area contributed by atoms with Crippen LogP contribution in [0.25, 0.3) is 0 Å². The van der Waals surface area contributed by atoms with Crippen LogP contribution in [-0.4, -0.2) is 65.2 Å². The molecule has 1 heterocycles.